The molecule has 0 spiro atoms. The van der Waals surface area contributed by atoms with Crippen LogP contribution in [0.15, 0.2) is 60.8 Å². The lowest BCUT2D eigenvalue weighted by Crippen LogP contribution is -2.48. The number of unbranched alkanes of at least 4 members (excludes halogenated alkanes) is 15. The fraction of sp³-hybridized carbons (Fsp3) is 0.711. The van der Waals surface area contributed by atoms with Crippen LogP contribution in [0.3, 0.4) is 0 Å². The number of carbonyl (C=O) groups is 1. The van der Waals surface area contributed by atoms with Gasteiger partial charge in [0.25, 0.3) is 0 Å². The Labute approximate surface area is 265 Å². The first-order valence-electron chi connectivity index (χ1n) is 17.6. The molecule has 0 aliphatic carbocycles. The van der Waals surface area contributed by atoms with E-state index in [9.17, 15) is 20.1 Å². The molecule has 3 atom stereocenters. The zero-order chi connectivity index (χ0) is 31.6. The van der Waals surface area contributed by atoms with Crippen LogP contribution in [0.5, 0.6) is 0 Å². The van der Waals surface area contributed by atoms with Gasteiger partial charge in [-0.3, -0.25) is 4.79 Å². The topological polar surface area (TPSA) is 89.8 Å². The fourth-order valence-electron chi connectivity index (χ4n) is 4.91. The summed E-state index contributed by atoms with van der Waals surface area (Å²) in [6.07, 6.45) is 42.6. The number of aliphatic hydroxyl groups is 3. The summed E-state index contributed by atoms with van der Waals surface area (Å²) in [5.74, 6) is -0.525. The van der Waals surface area contributed by atoms with Crippen molar-refractivity contribution in [3.05, 3.63) is 60.8 Å². The van der Waals surface area contributed by atoms with Gasteiger partial charge in [0.15, 0.2) is 0 Å². The van der Waals surface area contributed by atoms with E-state index in [4.69, 9.17) is 0 Å². The number of rotatable bonds is 30. The van der Waals surface area contributed by atoms with Gasteiger partial charge in [-0.15, -0.1) is 0 Å². The predicted octanol–water partition coefficient (Wildman–Crippen LogP) is 9.20. The molecule has 248 valence electrons. The van der Waals surface area contributed by atoms with Crippen molar-refractivity contribution in [2.75, 3.05) is 6.61 Å². The van der Waals surface area contributed by atoms with E-state index in [1.165, 1.54) is 70.6 Å². The average Bonchev–Trinajstić information content (AvgIpc) is 3.01. The largest absolute Gasteiger partial charge is 0.394 e. The Bertz CT molecular complexity index is 755. The number of amides is 1. The molecule has 0 aromatic heterocycles. The van der Waals surface area contributed by atoms with E-state index in [0.29, 0.717) is 6.42 Å². The van der Waals surface area contributed by atoms with E-state index in [1.54, 1.807) is 6.08 Å². The highest BCUT2D eigenvalue weighted by molar-refractivity contribution is 5.80. The Hall–Kier alpha value is -1.95. The summed E-state index contributed by atoms with van der Waals surface area (Å²) in [5.41, 5.74) is 0. The monoisotopic (exact) mass is 602 g/mol. The van der Waals surface area contributed by atoms with Crippen molar-refractivity contribution >= 4 is 5.91 Å². The third kappa shape index (κ3) is 28.6. The highest BCUT2D eigenvalue weighted by atomic mass is 16.3. The number of nitrogens with one attached hydrogen (secondary N) is 1. The number of allylic oxidation sites excluding steroid dienone is 9. The quantitative estimate of drug-likeness (QED) is 0.0488. The molecule has 3 unspecified atom stereocenters. The molecule has 0 aromatic carbocycles. The lowest BCUT2D eigenvalue weighted by molar-refractivity contribution is -0.131. The van der Waals surface area contributed by atoms with Crippen molar-refractivity contribution in [3.63, 3.8) is 0 Å². The maximum absolute atomic E-state index is 12.3. The van der Waals surface area contributed by atoms with E-state index >= 15 is 0 Å². The first-order chi connectivity index (χ1) is 21.1. The minimum absolute atomic E-state index is 0.385. The highest BCUT2D eigenvalue weighted by Gasteiger charge is 2.22. The van der Waals surface area contributed by atoms with Crippen molar-refractivity contribution in [2.45, 2.75) is 167 Å². The van der Waals surface area contributed by atoms with Crippen LogP contribution in [0.25, 0.3) is 0 Å². The smallest absolute Gasteiger partial charge is 0.249 e. The molecule has 0 saturated carbocycles. The lowest BCUT2D eigenvalue weighted by Gasteiger charge is -2.21. The van der Waals surface area contributed by atoms with Gasteiger partial charge < -0.3 is 20.6 Å². The van der Waals surface area contributed by atoms with E-state index in [0.717, 1.165) is 57.8 Å². The van der Waals surface area contributed by atoms with Crippen LogP contribution in [0.4, 0.5) is 0 Å². The standard InChI is InChI=1S/C38H67NO4/c1-3-5-7-9-11-13-14-15-16-17-18-19-20-21-22-23-25-27-29-31-33-37(42)38(43)39-35(34-40)36(41)32-30-28-26-24-12-10-8-6-4-2/h4-7,11-13,24,30,32,35-37,40-42H,3,8-10,14-23,25-29,31,33-34H2,1-2H3,(H,39,43)/b6-4+,7-5-,13-11-,24-12+,32-30+. The summed E-state index contributed by atoms with van der Waals surface area (Å²) in [7, 11) is 0. The number of carbonyl (C=O) groups excluding carboxylic acids is 1. The number of aliphatic hydroxyl groups excluding tert-OH is 3. The maximum Gasteiger partial charge on any atom is 0.249 e. The molecule has 0 radical (unpaired) electrons. The second kappa shape index (κ2) is 33.0. The zero-order valence-corrected chi connectivity index (χ0v) is 27.8. The third-order valence-electron chi connectivity index (χ3n) is 7.66. The summed E-state index contributed by atoms with van der Waals surface area (Å²) in [4.78, 5) is 12.3. The van der Waals surface area contributed by atoms with Gasteiger partial charge in [0.2, 0.25) is 5.91 Å². The Morgan fingerprint density at radius 1 is 0.628 bits per heavy atom. The molecule has 0 fully saturated rings. The molecular formula is C38H67NO4. The summed E-state index contributed by atoms with van der Waals surface area (Å²) in [5, 5.41) is 32.8. The molecule has 0 aliphatic rings. The summed E-state index contributed by atoms with van der Waals surface area (Å²) >= 11 is 0. The molecule has 0 aliphatic heterocycles. The Balaban J connectivity index is 3.71. The van der Waals surface area contributed by atoms with Gasteiger partial charge >= 0.3 is 0 Å². The van der Waals surface area contributed by atoms with E-state index in [1.807, 2.05) is 13.0 Å². The van der Waals surface area contributed by atoms with Crippen LogP contribution in [0.2, 0.25) is 0 Å². The van der Waals surface area contributed by atoms with Gasteiger partial charge in [0.1, 0.15) is 6.10 Å². The molecule has 4 N–H and O–H groups in total. The minimum Gasteiger partial charge on any atom is -0.394 e. The Morgan fingerprint density at radius 3 is 1.67 bits per heavy atom. The summed E-state index contributed by atoms with van der Waals surface area (Å²) < 4.78 is 0. The number of hydrogen-bond acceptors (Lipinski definition) is 4. The van der Waals surface area contributed by atoms with Gasteiger partial charge in [0.05, 0.1) is 18.8 Å². The zero-order valence-electron chi connectivity index (χ0n) is 27.8. The summed E-state index contributed by atoms with van der Waals surface area (Å²) in [6.45, 7) is 3.80. The molecule has 0 aromatic rings. The molecule has 0 rings (SSSR count). The van der Waals surface area contributed by atoms with Gasteiger partial charge in [-0.25, -0.2) is 0 Å². The first-order valence-corrected chi connectivity index (χ1v) is 17.6. The van der Waals surface area contributed by atoms with Crippen molar-refractivity contribution in [1.82, 2.24) is 5.32 Å². The predicted molar refractivity (Wildman–Crippen MR) is 185 cm³/mol. The van der Waals surface area contributed by atoms with Crippen LogP contribution < -0.4 is 5.32 Å². The Morgan fingerprint density at radius 2 is 1.12 bits per heavy atom. The molecule has 0 bridgehead atoms. The van der Waals surface area contributed by atoms with E-state index in [2.05, 4.69) is 60.8 Å². The summed E-state index contributed by atoms with van der Waals surface area (Å²) in [6, 6.07) is -0.819. The first kappa shape index (κ1) is 41.0. The third-order valence-corrected chi connectivity index (χ3v) is 7.66. The van der Waals surface area contributed by atoms with E-state index in [-0.39, 0.29) is 6.61 Å². The number of hydrogen-bond donors (Lipinski definition) is 4. The van der Waals surface area contributed by atoms with Gasteiger partial charge in [0, 0.05) is 0 Å². The normalized spacial score (nSPS) is 14.6. The molecule has 43 heavy (non-hydrogen) atoms. The Kier molecular flexibility index (Phi) is 31.5. The SMILES string of the molecule is C/C=C/CC/C=C/CC/C=C/C(O)C(CO)NC(=O)C(O)CCCCCCCCCCCCCCC/C=C\C/C=C\CC. The molecule has 0 saturated heterocycles. The van der Waals surface area contributed by atoms with Gasteiger partial charge in [-0.05, 0) is 64.7 Å². The lowest BCUT2D eigenvalue weighted by atomic mass is 10.0. The molecule has 5 nitrogen and oxygen atoms in total. The van der Waals surface area contributed by atoms with Crippen LogP contribution >= 0.6 is 0 Å². The van der Waals surface area contributed by atoms with Gasteiger partial charge in [-0.2, -0.15) is 0 Å². The average molecular weight is 602 g/mol. The van der Waals surface area contributed by atoms with E-state index < -0.39 is 24.2 Å². The van der Waals surface area contributed by atoms with Crippen LogP contribution in [0.1, 0.15) is 149 Å². The van der Waals surface area contributed by atoms with Gasteiger partial charge in [-0.1, -0.05) is 145 Å². The van der Waals surface area contributed by atoms with Crippen LogP contribution in [-0.4, -0.2) is 46.1 Å². The van der Waals surface area contributed by atoms with Crippen molar-refractivity contribution in [3.8, 4) is 0 Å². The minimum atomic E-state index is -1.11. The molecule has 1 amide bonds. The van der Waals surface area contributed by atoms with Crippen molar-refractivity contribution in [2.24, 2.45) is 0 Å². The second-order valence-corrected chi connectivity index (χ2v) is 11.7. The maximum atomic E-state index is 12.3. The van der Waals surface area contributed by atoms with Crippen LogP contribution in [-0.2, 0) is 4.79 Å². The molecule has 0 heterocycles. The molecule has 5 heteroatoms. The van der Waals surface area contributed by atoms with Crippen LogP contribution in [0, 0.1) is 0 Å². The fourth-order valence-corrected chi connectivity index (χ4v) is 4.91. The molecular weight excluding hydrogens is 534 g/mol. The van der Waals surface area contributed by atoms with Crippen molar-refractivity contribution < 1.29 is 20.1 Å². The second-order valence-electron chi connectivity index (χ2n) is 11.7. The van der Waals surface area contributed by atoms with Crippen molar-refractivity contribution in [1.29, 1.82) is 0 Å². The highest BCUT2D eigenvalue weighted by Crippen LogP contribution is 2.14.